The summed E-state index contributed by atoms with van der Waals surface area (Å²) < 4.78 is 6.97. The van der Waals surface area contributed by atoms with Gasteiger partial charge in [0.2, 0.25) is 0 Å². The molecule has 0 aliphatic rings. The van der Waals surface area contributed by atoms with E-state index in [4.69, 9.17) is 9.84 Å². The molecule has 0 atom stereocenters. The van der Waals surface area contributed by atoms with Gasteiger partial charge in [-0.05, 0) is 24.6 Å². The summed E-state index contributed by atoms with van der Waals surface area (Å²) in [4.78, 5) is 11.1. The van der Waals surface area contributed by atoms with Crippen LogP contribution in [0.3, 0.4) is 0 Å². The monoisotopic (exact) mass is 219 g/mol. The highest BCUT2D eigenvalue weighted by Crippen LogP contribution is 2.28. The molecule has 1 aromatic carbocycles. The van der Waals surface area contributed by atoms with Crippen LogP contribution in [0.15, 0.2) is 18.3 Å². The smallest absolute Gasteiger partial charge is 0.337 e. The number of methoxy groups -OCH3 is 1. The number of rotatable bonds is 2. The van der Waals surface area contributed by atoms with E-state index in [2.05, 4.69) is 0 Å². The fraction of sp³-hybridized carbons (Fsp3) is 0.250. The summed E-state index contributed by atoms with van der Waals surface area (Å²) in [5.41, 5.74) is 2.24. The maximum atomic E-state index is 11.1. The van der Waals surface area contributed by atoms with Gasteiger partial charge in [0.1, 0.15) is 5.75 Å². The number of benzene rings is 1. The summed E-state index contributed by atoms with van der Waals surface area (Å²) in [6, 6.07) is 3.65. The van der Waals surface area contributed by atoms with Crippen molar-refractivity contribution < 1.29 is 14.6 Å². The molecule has 1 heterocycles. The van der Waals surface area contributed by atoms with E-state index < -0.39 is 5.97 Å². The Morgan fingerprint density at radius 1 is 1.44 bits per heavy atom. The van der Waals surface area contributed by atoms with E-state index in [-0.39, 0.29) is 0 Å². The van der Waals surface area contributed by atoms with Crippen molar-refractivity contribution in [3.8, 4) is 5.75 Å². The second kappa shape index (κ2) is 3.56. The van der Waals surface area contributed by atoms with Crippen LogP contribution in [0.1, 0.15) is 15.9 Å². The fourth-order valence-corrected chi connectivity index (χ4v) is 2.04. The molecule has 2 rings (SSSR count). The van der Waals surface area contributed by atoms with Crippen LogP contribution >= 0.6 is 0 Å². The zero-order valence-electron chi connectivity index (χ0n) is 9.44. The molecule has 1 aromatic heterocycles. The van der Waals surface area contributed by atoms with Gasteiger partial charge < -0.3 is 14.4 Å². The average molecular weight is 219 g/mol. The Morgan fingerprint density at radius 2 is 2.12 bits per heavy atom. The molecule has 4 nitrogen and oxygen atoms in total. The molecule has 0 spiro atoms. The van der Waals surface area contributed by atoms with Gasteiger partial charge >= 0.3 is 5.97 Å². The number of aromatic nitrogens is 1. The van der Waals surface area contributed by atoms with Gasteiger partial charge in [-0.3, -0.25) is 0 Å². The first-order valence-corrected chi connectivity index (χ1v) is 4.91. The van der Waals surface area contributed by atoms with E-state index in [0.29, 0.717) is 16.7 Å². The van der Waals surface area contributed by atoms with Gasteiger partial charge in [-0.25, -0.2) is 4.79 Å². The van der Waals surface area contributed by atoms with Crippen LogP contribution < -0.4 is 4.74 Å². The van der Waals surface area contributed by atoms with Crippen molar-refractivity contribution in [2.45, 2.75) is 6.92 Å². The first kappa shape index (κ1) is 10.5. The lowest BCUT2D eigenvalue weighted by Gasteiger charge is -2.05. The largest absolute Gasteiger partial charge is 0.497 e. The number of carboxylic acids is 1. The molecule has 4 heteroatoms. The summed E-state index contributed by atoms with van der Waals surface area (Å²) in [5, 5.41) is 9.81. The van der Waals surface area contributed by atoms with E-state index in [0.717, 1.165) is 11.1 Å². The summed E-state index contributed by atoms with van der Waals surface area (Å²) in [7, 11) is 3.41. The molecule has 0 aliphatic heterocycles. The van der Waals surface area contributed by atoms with E-state index in [1.165, 1.54) is 0 Å². The number of hydrogen-bond acceptors (Lipinski definition) is 2. The zero-order chi connectivity index (χ0) is 11.9. The third kappa shape index (κ3) is 1.43. The van der Waals surface area contributed by atoms with Gasteiger partial charge in [0.25, 0.3) is 0 Å². The quantitative estimate of drug-likeness (QED) is 0.842. The molecule has 0 radical (unpaired) electrons. The molecule has 0 bridgehead atoms. The van der Waals surface area contributed by atoms with Crippen molar-refractivity contribution in [3.63, 3.8) is 0 Å². The van der Waals surface area contributed by atoms with E-state index in [1.54, 1.807) is 19.4 Å². The molecule has 0 fully saturated rings. The Morgan fingerprint density at radius 3 is 2.69 bits per heavy atom. The number of ether oxygens (including phenoxy) is 1. The third-order valence-electron chi connectivity index (χ3n) is 2.71. The first-order valence-electron chi connectivity index (χ1n) is 4.91. The predicted octanol–water partition coefficient (Wildman–Crippen LogP) is 2.19. The van der Waals surface area contributed by atoms with Crippen LogP contribution in [0.25, 0.3) is 10.9 Å². The summed E-state index contributed by atoms with van der Waals surface area (Å²) >= 11 is 0. The Bertz CT molecular complexity index is 569. The van der Waals surface area contributed by atoms with Crippen LogP contribution in [0.4, 0.5) is 0 Å². The molecule has 1 N–H and O–H groups in total. The number of carboxylic acid groups (broad SMARTS) is 1. The number of hydrogen-bond donors (Lipinski definition) is 1. The molecular weight excluding hydrogens is 206 g/mol. The topological polar surface area (TPSA) is 51.5 Å². The van der Waals surface area contributed by atoms with Gasteiger partial charge in [-0.1, -0.05) is 0 Å². The highest BCUT2D eigenvalue weighted by molar-refractivity contribution is 6.04. The van der Waals surface area contributed by atoms with Gasteiger partial charge in [-0.15, -0.1) is 0 Å². The Kier molecular flexibility index (Phi) is 2.34. The normalized spacial score (nSPS) is 10.7. The summed E-state index contributed by atoms with van der Waals surface area (Å²) in [6.45, 7) is 1.94. The molecule has 0 aliphatic carbocycles. The first-order chi connectivity index (χ1) is 7.54. The number of fused-ring (bicyclic) bond motifs is 1. The van der Waals surface area contributed by atoms with E-state index in [1.807, 2.05) is 24.6 Å². The molecular formula is C12H13NO3. The minimum atomic E-state index is -0.918. The zero-order valence-corrected chi connectivity index (χ0v) is 9.44. The summed E-state index contributed by atoms with van der Waals surface area (Å²) in [5.74, 6) is -0.239. The van der Waals surface area contributed by atoms with Crippen molar-refractivity contribution in [2.24, 2.45) is 7.05 Å². The Labute approximate surface area is 93.1 Å². The van der Waals surface area contributed by atoms with Crippen LogP contribution in [0.5, 0.6) is 5.75 Å². The lowest BCUT2D eigenvalue weighted by atomic mass is 10.1. The molecule has 0 saturated heterocycles. The van der Waals surface area contributed by atoms with Gasteiger partial charge in [0.05, 0.1) is 18.2 Å². The van der Waals surface area contributed by atoms with Gasteiger partial charge in [-0.2, -0.15) is 0 Å². The fourth-order valence-electron chi connectivity index (χ4n) is 2.04. The van der Waals surface area contributed by atoms with Crippen LogP contribution in [-0.4, -0.2) is 22.8 Å². The predicted molar refractivity (Wildman–Crippen MR) is 61.2 cm³/mol. The van der Waals surface area contributed by atoms with Gasteiger partial charge in [0.15, 0.2) is 0 Å². The second-order valence-corrected chi connectivity index (χ2v) is 3.80. The number of carbonyl (C=O) groups is 1. The van der Waals surface area contributed by atoms with Crippen molar-refractivity contribution in [3.05, 3.63) is 29.5 Å². The molecule has 0 unspecified atom stereocenters. The van der Waals surface area contributed by atoms with E-state index >= 15 is 0 Å². The highest BCUT2D eigenvalue weighted by Gasteiger charge is 2.15. The maximum Gasteiger partial charge on any atom is 0.337 e. The highest BCUT2D eigenvalue weighted by atomic mass is 16.5. The van der Waals surface area contributed by atoms with Crippen molar-refractivity contribution in [2.75, 3.05) is 7.11 Å². The minimum Gasteiger partial charge on any atom is -0.497 e. The standard InChI is InChI=1S/C12H13NO3/c1-7-4-8(16-3)5-9-10(12(14)15)6-13(2)11(7)9/h4-6H,1-3H3,(H,14,15). The van der Waals surface area contributed by atoms with E-state index in [9.17, 15) is 4.79 Å². The van der Waals surface area contributed by atoms with Crippen LogP contribution in [0, 0.1) is 6.92 Å². The number of aryl methyl sites for hydroxylation is 2. The SMILES string of the molecule is COc1cc(C)c2c(c1)c(C(=O)O)cn2C. The second-order valence-electron chi connectivity index (χ2n) is 3.80. The Balaban J connectivity index is 2.86. The Hall–Kier alpha value is -1.97. The van der Waals surface area contributed by atoms with Crippen LogP contribution in [-0.2, 0) is 7.05 Å². The van der Waals surface area contributed by atoms with Crippen molar-refractivity contribution >= 4 is 16.9 Å². The average Bonchev–Trinajstić information content (AvgIpc) is 2.56. The summed E-state index contributed by atoms with van der Waals surface area (Å²) in [6.07, 6.45) is 1.62. The maximum absolute atomic E-state index is 11.1. The molecule has 84 valence electrons. The molecule has 2 aromatic rings. The number of nitrogens with zero attached hydrogens (tertiary/aromatic N) is 1. The van der Waals surface area contributed by atoms with Gasteiger partial charge in [0, 0.05) is 18.6 Å². The molecule has 0 saturated carbocycles. The van der Waals surface area contributed by atoms with Crippen molar-refractivity contribution in [1.29, 1.82) is 0 Å². The van der Waals surface area contributed by atoms with Crippen LogP contribution in [0.2, 0.25) is 0 Å². The third-order valence-corrected chi connectivity index (χ3v) is 2.71. The number of aromatic carboxylic acids is 1. The molecule has 16 heavy (non-hydrogen) atoms. The van der Waals surface area contributed by atoms with Crippen molar-refractivity contribution in [1.82, 2.24) is 4.57 Å². The lowest BCUT2D eigenvalue weighted by Crippen LogP contribution is -1.94. The molecule has 0 amide bonds. The minimum absolute atomic E-state index is 0.305. The lowest BCUT2D eigenvalue weighted by molar-refractivity contribution is 0.0699.